The van der Waals surface area contributed by atoms with Crippen LogP contribution in [0, 0.1) is 0 Å². The third-order valence-corrected chi connectivity index (χ3v) is 5.82. The van der Waals surface area contributed by atoms with Gasteiger partial charge in [0, 0.05) is 35.4 Å². The third-order valence-electron chi connectivity index (χ3n) is 5.82. The van der Waals surface area contributed by atoms with Crippen molar-refractivity contribution in [1.29, 1.82) is 0 Å². The van der Waals surface area contributed by atoms with E-state index < -0.39 is 5.92 Å². The molecular weight excluding hydrogens is 374 g/mol. The molecule has 0 aliphatic carbocycles. The van der Waals surface area contributed by atoms with Gasteiger partial charge in [-0.05, 0) is 41.5 Å². The summed E-state index contributed by atoms with van der Waals surface area (Å²) in [5.41, 5.74) is 4.02. The number of carbonyl (C=O) groups excluding carboxylic acids is 2. The minimum Gasteiger partial charge on any atom is -0.361 e. The largest absolute Gasteiger partial charge is 0.361 e. The Balaban J connectivity index is 1.58. The van der Waals surface area contributed by atoms with E-state index in [0.29, 0.717) is 5.56 Å². The van der Waals surface area contributed by atoms with Crippen LogP contribution < -0.4 is 5.32 Å². The molecule has 0 bridgehead atoms. The molecule has 2 amide bonds. The first-order valence-electron chi connectivity index (χ1n) is 9.92. The highest BCUT2D eigenvalue weighted by Gasteiger charge is 2.42. The van der Waals surface area contributed by atoms with Crippen molar-refractivity contribution in [2.24, 2.45) is 0 Å². The second kappa shape index (κ2) is 7.19. The van der Waals surface area contributed by atoms with E-state index in [9.17, 15) is 9.59 Å². The molecule has 5 heteroatoms. The summed E-state index contributed by atoms with van der Waals surface area (Å²) in [6, 6.07) is 24.5. The van der Waals surface area contributed by atoms with Gasteiger partial charge in [-0.15, -0.1) is 0 Å². The van der Waals surface area contributed by atoms with E-state index in [2.05, 4.69) is 10.3 Å². The predicted molar refractivity (Wildman–Crippen MR) is 117 cm³/mol. The van der Waals surface area contributed by atoms with Crippen molar-refractivity contribution >= 4 is 28.4 Å². The molecule has 5 nitrogen and oxygen atoms in total. The molecule has 0 saturated carbocycles. The van der Waals surface area contributed by atoms with Gasteiger partial charge in [0.1, 0.15) is 0 Å². The van der Waals surface area contributed by atoms with E-state index in [1.807, 2.05) is 79.0 Å². The van der Waals surface area contributed by atoms with Gasteiger partial charge in [0.15, 0.2) is 0 Å². The molecule has 5 rings (SSSR count). The zero-order valence-corrected chi connectivity index (χ0v) is 16.5. The van der Waals surface area contributed by atoms with Crippen LogP contribution >= 0.6 is 0 Å². The van der Waals surface area contributed by atoms with Gasteiger partial charge in [-0.2, -0.15) is 0 Å². The molecule has 0 radical (unpaired) electrons. The van der Waals surface area contributed by atoms with Crippen LogP contribution in [0.3, 0.4) is 0 Å². The number of hydrogen-bond acceptors (Lipinski definition) is 2. The van der Waals surface area contributed by atoms with Crippen molar-refractivity contribution < 1.29 is 9.59 Å². The number of likely N-dealkylation sites (N-methyl/N-ethyl adjacent to an activating group) is 1. The number of fused-ring (bicyclic) bond motifs is 2. The summed E-state index contributed by atoms with van der Waals surface area (Å²) in [6.07, 6.45) is 1.87. The molecule has 2 atom stereocenters. The number of nitrogens with one attached hydrogen (secondary N) is 2. The van der Waals surface area contributed by atoms with E-state index in [1.165, 1.54) is 0 Å². The van der Waals surface area contributed by atoms with Gasteiger partial charge in [-0.3, -0.25) is 9.59 Å². The molecule has 1 aromatic heterocycles. The van der Waals surface area contributed by atoms with Crippen LogP contribution in [0.2, 0.25) is 0 Å². The number of nitrogens with zero attached hydrogens (tertiary/aromatic N) is 1. The summed E-state index contributed by atoms with van der Waals surface area (Å²) in [5, 5.41) is 4.11. The van der Waals surface area contributed by atoms with Gasteiger partial charge in [-0.25, -0.2) is 0 Å². The van der Waals surface area contributed by atoms with Crippen molar-refractivity contribution in [3.05, 3.63) is 102 Å². The van der Waals surface area contributed by atoms with E-state index in [-0.39, 0.29) is 17.9 Å². The molecule has 3 aromatic carbocycles. The molecule has 4 aromatic rings. The Morgan fingerprint density at radius 2 is 1.73 bits per heavy atom. The first kappa shape index (κ1) is 18.2. The van der Waals surface area contributed by atoms with Crippen molar-refractivity contribution in [2.45, 2.75) is 12.0 Å². The van der Waals surface area contributed by atoms with Crippen LogP contribution in [0.5, 0.6) is 0 Å². The second-order valence-electron chi connectivity index (χ2n) is 7.61. The minimum absolute atomic E-state index is 0.0720. The fourth-order valence-electron chi connectivity index (χ4n) is 4.37. The zero-order valence-electron chi connectivity index (χ0n) is 16.5. The van der Waals surface area contributed by atoms with Crippen LogP contribution in [0.15, 0.2) is 85.1 Å². The standard InChI is InChI=1S/C25H21N3O2/c1-28-23(16-7-3-2-4-8-16)22(19-9-5-6-10-20(19)25(28)30)24(29)27-18-11-12-21-17(15-18)13-14-26-21/h2-15,22-23,26H,1H3,(H,27,29)/t22-,23-/m0/s1. The number of benzene rings is 3. The Morgan fingerprint density at radius 1 is 0.967 bits per heavy atom. The molecule has 1 aliphatic heterocycles. The minimum atomic E-state index is -0.520. The molecule has 0 fully saturated rings. The lowest BCUT2D eigenvalue weighted by molar-refractivity contribution is -0.119. The lowest BCUT2D eigenvalue weighted by Crippen LogP contribution is -2.44. The second-order valence-corrected chi connectivity index (χ2v) is 7.61. The molecule has 2 N–H and O–H groups in total. The maximum atomic E-state index is 13.6. The van der Waals surface area contributed by atoms with Crippen molar-refractivity contribution in [1.82, 2.24) is 9.88 Å². The van der Waals surface area contributed by atoms with E-state index in [0.717, 1.165) is 27.7 Å². The Bertz CT molecular complexity index is 1250. The maximum Gasteiger partial charge on any atom is 0.254 e. The zero-order chi connectivity index (χ0) is 20.7. The number of rotatable bonds is 3. The van der Waals surface area contributed by atoms with Crippen LogP contribution in [0.25, 0.3) is 10.9 Å². The first-order valence-corrected chi connectivity index (χ1v) is 9.92. The number of H-pyrrole nitrogens is 1. The predicted octanol–water partition coefficient (Wildman–Crippen LogP) is 4.72. The first-order chi connectivity index (χ1) is 14.6. The van der Waals surface area contributed by atoms with Gasteiger partial charge in [0.2, 0.25) is 5.91 Å². The van der Waals surface area contributed by atoms with Crippen LogP contribution in [0.1, 0.15) is 33.4 Å². The molecule has 30 heavy (non-hydrogen) atoms. The number of aromatic nitrogens is 1. The average Bonchev–Trinajstić information content (AvgIpc) is 3.24. The number of amides is 2. The maximum absolute atomic E-state index is 13.6. The van der Waals surface area contributed by atoms with Crippen molar-refractivity contribution in [2.75, 3.05) is 12.4 Å². The smallest absolute Gasteiger partial charge is 0.254 e. The number of anilines is 1. The van der Waals surface area contributed by atoms with Gasteiger partial charge < -0.3 is 15.2 Å². The lowest BCUT2D eigenvalue weighted by atomic mass is 9.79. The van der Waals surface area contributed by atoms with Gasteiger partial charge >= 0.3 is 0 Å². The molecule has 0 spiro atoms. The number of hydrogen-bond donors (Lipinski definition) is 2. The highest BCUT2D eigenvalue weighted by molar-refractivity contribution is 6.04. The normalized spacial score (nSPS) is 18.3. The number of carbonyl (C=O) groups is 2. The highest BCUT2D eigenvalue weighted by Crippen LogP contribution is 2.42. The van der Waals surface area contributed by atoms with E-state index >= 15 is 0 Å². The third kappa shape index (κ3) is 2.95. The molecule has 148 valence electrons. The molecular formula is C25H21N3O2. The van der Waals surface area contributed by atoms with E-state index in [4.69, 9.17) is 0 Å². The summed E-state index contributed by atoms with van der Waals surface area (Å²) in [7, 11) is 1.77. The van der Waals surface area contributed by atoms with Crippen LogP contribution in [-0.2, 0) is 4.79 Å². The van der Waals surface area contributed by atoms with Crippen molar-refractivity contribution in [3.63, 3.8) is 0 Å². The van der Waals surface area contributed by atoms with Crippen molar-refractivity contribution in [3.8, 4) is 0 Å². The van der Waals surface area contributed by atoms with Gasteiger partial charge in [0.05, 0.1) is 12.0 Å². The summed E-state index contributed by atoms with van der Waals surface area (Å²) in [4.78, 5) is 31.5. The van der Waals surface area contributed by atoms with Crippen LogP contribution in [-0.4, -0.2) is 28.7 Å². The Hall–Kier alpha value is -3.86. The SMILES string of the molecule is CN1C(=O)c2ccccc2[C@H](C(=O)Nc2ccc3[nH]ccc3c2)[C@@H]1c1ccccc1. The average molecular weight is 395 g/mol. The Kier molecular flexibility index (Phi) is 4.36. The van der Waals surface area contributed by atoms with Gasteiger partial charge in [0.25, 0.3) is 5.91 Å². The summed E-state index contributed by atoms with van der Waals surface area (Å²) in [6.45, 7) is 0. The lowest BCUT2D eigenvalue weighted by Gasteiger charge is -2.39. The number of aromatic amines is 1. The van der Waals surface area contributed by atoms with E-state index in [1.54, 1.807) is 18.0 Å². The molecule has 2 heterocycles. The topological polar surface area (TPSA) is 65.2 Å². The fraction of sp³-hybridized carbons (Fsp3) is 0.120. The summed E-state index contributed by atoms with van der Waals surface area (Å²) >= 11 is 0. The molecule has 0 saturated heterocycles. The van der Waals surface area contributed by atoms with Gasteiger partial charge in [-0.1, -0.05) is 48.5 Å². The monoisotopic (exact) mass is 395 g/mol. The highest BCUT2D eigenvalue weighted by atomic mass is 16.2. The summed E-state index contributed by atoms with van der Waals surface area (Å²) in [5.74, 6) is -0.726. The molecule has 0 unspecified atom stereocenters. The Morgan fingerprint density at radius 3 is 2.57 bits per heavy atom. The molecule has 1 aliphatic rings. The van der Waals surface area contributed by atoms with Crippen LogP contribution in [0.4, 0.5) is 5.69 Å². The Labute approximate surface area is 174 Å². The fourth-order valence-corrected chi connectivity index (χ4v) is 4.37. The quantitative estimate of drug-likeness (QED) is 0.527. The summed E-state index contributed by atoms with van der Waals surface area (Å²) < 4.78 is 0.